The minimum absolute atomic E-state index is 0.0320. The molecule has 2 aromatic rings. The summed E-state index contributed by atoms with van der Waals surface area (Å²) in [7, 11) is 2.11. The third kappa shape index (κ3) is 2.85. The summed E-state index contributed by atoms with van der Waals surface area (Å²) in [6.07, 6.45) is 11.0. The highest BCUT2D eigenvalue weighted by Gasteiger charge is 2.50. The number of nitrogens with zero attached hydrogens (tertiary/aromatic N) is 5. The molecule has 4 heterocycles. The molecule has 0 saturated carbocycles. The standard InChI is InChI=1S/C23H26ClN5O/c1-27-13-17-12-18(24)6-7-20(17)29-21(14-27)25-26-22(29)28-10-8-23(9-11-28)19-5-3-2-4-16(19)15-30-23/h2-7,12,16,19H,8-11,13-15H2,1H3. The molecule has 2 fully saturated rings. The number of halogens is 1. The van der Waals surface area contributed by atoms with Gasteiger partial charge < -0.3 is 9.64 Å². The number of hydrogen-bond acceptors (Lipinski definition) is 5. The highest BCUT2D eigenvalue weighted by molar-refractivity contribution is 6.30. The van der Waals surface area contributed by atoms with Crippen molar-refractivity contribution in [2.24, 2.45) is 11.8 Å². The van der Waals surface area contributed by atoms with Crippen LogP contribution in [-0.2, 0) is 17.8 Å². The molecule has 1 aliphatic carbocycles. The number of fused-ring (bicyclic) bond motifs is 5. The van der Waals surface area contributed by atoms with Crippen LogP contribution in [0.1, 0.15) is 24.2 Å². The molecule has 156 valence electrons. The molecule has 1 aromatic carbocycles. The van der Waals surface area contributed by atoms with Gasteiger partial charge in [-0.3, -0.25) is 9.47 Å². The predicted molar refractivity (Wildman–Crippen MR) is 117 cm³/mol. The van der Waals surface area contributed by atoms with Crippen molar-refractivity contribution in [3.8, 4) is 5.69 Å². The largest absolute Gasteiger partial charge is 0.374 e. The number of aromatic nitrogens is 3. The van der Waals surface area contributed by atoms with Gasteiger partial charge in [0.25, 0.3) is 0 Å². The van der Waals surface area contributed by atoms with Crippen LogP contribution in [0.4, 0.5) is 5.95 Å². The van der Waals surface area contributed by atoms with Gasteiger partial charge in [0.05, 0.1) is 24.4 Å². The molecule has 7 heteroatoms. The second kappa shape index (κ2) is 6.94. The summed E-state index contributed by atoms with van der Waals surface area (Å²) in [6.45, 7) is 4.31. The van der Waals surface area contributed by atoms with Crippen molar-refractivity contribution in [2.75, 3.05) is 31.6 Å². The van der Waals surface area contributed by atoms with Crippen LogP contribution >= 0.6 is 11.6 Å². The highest BCUT2D eigenvalue weighted by atomic mass is 35.5. The van der Waals surface area contributed by atoms with Crippen molar-refractivity contribution in [2.45, 2.75) is 31.5 Å². The highest BCUT2D eigenvalue weighted by Crippen LogP contribution is 2.46. The number of ether oxygens (including phenoxy) is 1. The maximum absolute atomic E-state index is 6.42. The lowest BCUT2D eigenvalue weighted by Gasteiger charge is -2.42. The van der Waals surface area contributed by atoms with Crippen molar-refractivity contribution < 1.29 is 4.74 Å². The molecule has 1 aromatic heterocycles. The lowest BCUT2D eigenvalue weighted by atomic mass is 9.74. The molecular formula is C23H26ClN5O. The Balaban J connectivity index is 1.31. The first kappa shape index (κ1) is 18.6. The number of allylic oxidation sites excluding steroid dienone is 2. The predicted octanol–water partition coefficient (Wildman–Crippen LogP) is 3.59. The number of piperidine rings is 1. The average molecular weight is 424 g/mol. The number of hydrogen-bond donors (Lipinski definition) is 0. The van der Waals surface area contributed by atoms with Gasteiger partial charge in [0.2, 0.25) is 5.95 Å². The molecule has 0 amide bonds. The number of anilines is 1. The van der Waals surface area contributed by atoms with Crippen LogP contribution in [0.5, 0.6) is 0 Å². The molecule has 1 spiro atoms. The van der Waals surface area contributed by atoms with E-state index in [9.17, 15) is 0 Å². The van der Waals surface area contributed by atoms with Crippen LogP contribution in [-0.4, -0.2) is 52.0 Å². The number of benzene rings is 1. The topological polar surface area (TPSA) is 46.4 Å². The molecule has 4 aliphatic rings. The fourth-order valence-electron chi connectivity index (χ4n) is 5.65. The Labute approximate surface area is 181 Å². The minimum atomic E-state index is -0.0320. The van der Waals surface area contributed by atoms with Crippen LogP contribution in [0.2, 0.25) is 5.02 Å². The van der Waals surface area contributed by atoms with Crippen LogP contribution in [0.3, 0.4) is 0 Å². The van der Waals surface area contributed by atoms with Gasteiger partial charge in [-0.05, 0) is 43.7 Å². The average Bonchev–Trinajstić information content (AvgIpc) is 3.28. The van der Waals surface area contributed by atoms with E-state index in [1.807, 2.05) is 6.07 Å². The lowest BCUT2D eigenvalue weighted by molar-refractivity contribution is -0.0308. The van der Waals surface area contributed by atoms with Gasteiger partial charge in [0, 0.05) is 36.5 Å². The van der Waals surface area contributed by atoms with Gasteiger partial charge in [-0.15, -0.1) is 10.2 Å². The first-order valence-corrected chi connectivity index (χ1v) is 11.2. The van der Waals surface area contributed by atoms with E-state index in [2.05, 4.69) is 68.0 Å². The van der Waals surface area contributed by atoms with Crippen LogP contribution in [0, 0.1) is 11.8 Å². The zero-order valence-corrected chi connectivity index (χ0v) is 17.9. The monoisotopic (exact) mass is 423 g/mol. The Morgan fingerprint density at radius 3 is 2.80 bits per heavy atom. The van der Waals surface area contributed by atoms with E-state index in [0.29, 0.717) is 11.8 Å². The van der Waals surface area contributed by atoms with E-state index in [0.717, 1.165) is 68.1 Å². The minimum Gasteiger partial charge on any atom is -0.374 e. The zero-order valence-electron chi connectivity index (χ0n) is 17.2. The Bertz CT molecular complexity index is 1040. The molecule has 2 saturated heterocycles. The van der Waals surface area contributed by atoms with Crippen LogP contribution in [0.25, 0.3) is 5.69 Å². The second-order valence-corrected chi connectivity index (χ2v) is 9.46. The fourth-order valence-corrected chi connectivity index (χ4v) is 5.84. The Hall–Kier alpha value is -2.15. The molecule has 6 nitrogen and oxygen atoms in total. The molecule has 0 N–H and O–H groups in total. The Morgan fingerprint density at radius 1 is 1.10 bits per heavy atom. The van der Waals surface area contributed by atoms with Gasteiger partial charge in [0.1, 0.15) is 0 Å². The summed E-state index contributed by atoms with van der Waals surface area (Å²) in [4.78, 5) is 4.64. The molecule has 30 heavy (non-hydrogen) atoms. The van der Waals surface area contributed by atoms with Crippen LogP contribution in [0.15, 0.2) is 42.5 Å². The molecular weight excluding hydrogens is 398 g/mol. The summed E-state index contributed by atoms with van der Waals surface area (Å²) in [6, 6.07) is 6.12. The first-order valence-electron chi connectivity index (χ1n) is 10.8. The SMILES string of the molecule is CN1Cc2cc(Cl)ccc2-n2c(nnc2N2CCC3(CC2)OCC2C=CC=CC23)C1. The van der Waals surface area contributed by atoms with Crippen molar-refractivity contribution in [3.63, 3.8) is 0 Å². The van der Waals surface area contributed by atoms with E-state index in [1.165, 1.54) is 5.56 Å². The fraction of sp³-hybridized carbons (Fsp3) is 0.478. The number of rotatable bonds is 1. The van der Waals surface area contributed by atoms with Gasteiger partial charge in [0.15, 0.2) is 5.82 Å². The van der Waals surface area contributed by atoms with Crippen molar-refractivity contribution >= 4 is 17.5 Å². The molecule has 0 bridgehead atoms. The second-order valence-electron chi connectivity index (χ2n) is 9.02. The van der Waals surface area contributed by atoms with Crippen molar-refractivity contribution in [1.29, 1.82) is 0 Å². The maximum Gasteiger partial charge on any atom is 0.231 e. The summed E-state index contributed by atoms with van der Waals surface area (Å²) in [5, 5.41) is 9.96. The van der Waals surface area contributed by atoms with E-state index in [-0.39, 0.29) is 5.60 Å². The zero-order chi connectivity index (χ0) is 20.3. The molecule has 2 atom stereocenters. The third-order valence-corrected chi connectivity index (χ3v) is 7.39. The lowest BCUT2D eigenvalue weighted by Crippen LogP contribution is -2.48. The van der Waals surface area contributed by atoms with Crippen LogP contribution < -0.4 is 4.90 Å². The molecule has 0 radical (unpaired) electrons. The van der Waals surface area contributed by atoms with Gasteiger partial charge in [-0.1, -0.05) is 35.9 Å². The van der Waals surface area contributed by atoms with E-state index in [4.69, 9.17) is 16.3 Å². The van der Waals surface area contributed by atoms with E-state index >= 15 is 0 Å². The Morgan fingerprint density at radius 2 is 1.93 bits per heavy atom. The Kier molecular flexibility index (Phi) is 4.30. The van der Waals surface area contributed by atoms with Crippen molar-refractivity contribution in [1.82, 2.24) is 19.7 Å². The molecule has 3 aliphatic heterocycles. The third-order valence-electron chi connectivity index (χ3n) is 7.16. The molecule has 2 unspecified atom stereocenters. The summed E-state index contributed by atoms with van der Waals surface area (Å²) in [5.74, 6) is 2.94. The van der Waals surface area contributed by atoms with Gasteiger partial charge in [-0.2, -0.15) is 0 Å². The summed E-state index contributed by atoms with van der Waals surface area (Å²) >= 11 is 6.30. The summed E-state index contributed by atoms with van der Waals surface area (Å²) in [5.41, 5.74) is 2.31. The summed E-state index contributed by atoms with van der Waals surface area (Å²) < 4.78 is 8.65. The normalized spacial score (nSPS) is 27.1. The quantitative estimate of drug-likeness (QED) is 0.701. The first-order chi connectivity index (χ1) is 14.6. The molecule has 6 rings (SSSR count). The van der Waals surface area contributed by atoms with Gasteiger partial charge >= 0.3 is 0 Å². The smallest absolute Gasteiger partial charge is 0.231 e. The maximum atomic E-state index is 6.42. The van der Waals surface area contributed by atoms with Gasteiger partial charge in [-0.25, -0.2) is 0 Å². The van der Waals surface area contributed by atoms with E-state index < -0.39 is 0 Å². The van der Waals surface area contributed by atoms with E-state index in [1.54, 1.807) is 0 Å². The van der Waals surface area contributed by atoms with Crippen molar-refractivity contribution in [3.05, 3.63) is 58.9 Å².